The highest BCUT2D eigenvalue weighted by Gasteiger charge is 2.31. The number of benzene rings is 1. The zero-order valence-corrected chi connectivity index (χ0v) is 15.3. The van der Waals surface area contributed by atoms with Crippen LogP contribution in [-0.2, 0) is 14.8 Å². The quantitative estimate of drug-likeness (QED) is 0.423. The maximum atomic E-state index is 13.8. The minimum atomic E-state index is -3.98. The van der Waals surface area contributed by atoms with E-state index in [1.54, 1.807) is 0 Å². The lowest BCUT2D eigenvalue weighted by molar-refractivity contribution is -0.402. The Hall–Kier alpha value is -3.05. The minimum Gasteiger partial charge on any atom is -0.401 e. The van der Waals surface area contributed by atoms with E-state index >= 15 is 0 Å². The first-order valence-corrected chi connectivity index (χ1v) is 9.69. The van der Waals surface area contributed by atoms with Crippen LogP contribution in [0.2, 0.25) is 0 Å². The number of hydrogen-bond donors (Lipinski definition) is 0. The summed E-state index contributed by atoms with van der Waals surface area (Å²) in [5.74, 6) is -1.49. The van der Waals surface area contributed by atoms with Crippen molar-refractivity contribution in [3.8, 4) is 0 Å². The Balaban J connectivity index is 1.61. The molecule has 1 amide bonds. The number of amides is 1. The van der Waals surface area contributed by atoms with Gasteiger partial charge in [0.25, 0.3) is 0 Å². The van der Waals surface area contributed by atoms with Crippen LogP contribution in [0.3, 0.4) is 0 Å². The van der Waals surface area contributed by atoms with Gasteiger partial charge in [0.05, 0.1) is 6.07 Å². The molecular formula is C17H16FN3O6S. The highest BCUT2D eigenvalue weighted by atomic mass is 32.2. The van der Waals surface area contributed by atoms with Gasteiger partial charge in [0, 0.05) is 32.3 Å². The van der Waals surface area contributed by atoms with Gasteiger partial charge in [0.15, 0.2) is 0 Å². The number of rotatable bonds is 5. The molecule has 9 nitrogen and oxygen atoms in total. The molecule has 1 fully saturated rings. The van der Waals surface area contributed by atoms with E-state index in [4.69, 9.17) is 4.42 Å². The molecule has 1 saturated heterocycles. The van der Waals surface area contributed by atoms with Crippen molar-refractivity contribution in [3.63, 3.8) is 0 Å². The highest BCUT2D eigenvalue weighted by Crippen LogP contribution is 2.21. The Morgan fingerprint density at radius 1 is 1.14 bits per heavy atom. The van der Waals surface area contributed by atoms with Crippen molar-refractivity contribution in [2.45, 2.75) is 4.90 Å². The van der Waals surface area contributed by atoms with E-state index in [-0.39, 0.29) is 37.8 Å². The van der Waals surface area contributed by atoms with E-state index in [1.807, 2.05) is 0 Å². The van der Waals surface area contributed by atoms with Gasteiger partial charge in [0.1, 0.15) is 21.4 Å². The first kappa shape index (κ1) is 19.7. The molecule has 0 aliphatic carbocycles. The van der Waals surface area contributed by atoms with Gasteiger partial charge in [-0.05, 0) is 24.3 Å². The van der Waals surface area contributed by atoms with Gasteiger partial charge in [-0.15, -0.1) is 0 Å². The normalized spacial score (nSPS) is 15.8. The van der Waals surface area contributed by atoms with Crippen LogP contribution in [0.4, 0.5) is 10.3 Å². The Kier molecular flexibility index (Phi) is 5.56. The molecule has 0 bridgehead atoms. The number of halogens is 1. The van der Waals surface area contributed by atoms with Crippen molar-refractivity contribution in [1.29, 1.82) is 0 Å². The second-order valence-corrected chi connectivity index (χ2v) is 7.83. The van der Waals surface area contributed by atoms with Gasteiger partial charge in [-0.25, -0.2) is 12.8 Å². The van der Waals surface area contributed by atoms with Crippen molar-refractivity contribution in [2.24, 2.45) is 0 Å². The van der Waals surface area contributed by atoms with Crippen LogP contribution in [0.5, 0.6) is 0 Å². The summed E-state index contributed by atoms with van der Waals surface area (Å²) >= 11 is 0. The second-order valence-electron chi connectivity index (χ2n) is 5.93. The molecule has 1 aliphatic heterocycles. The van der Waals surface area contributed by atoms with E-state index < -0.39 is 31.5 Å². The average Bonchev–Trinajstić information content (AvgIpc) is 3.16. The Labute approximate surface area is 159 Å². The van der Waals surface area contributed by atoms with E-state index in [0.29, 0.717) is 0 Å². The predicted molar refractivity (Wildman–Crippen MR) is 96.1 cm³/mol. The highest BCUT2D eigenvalue weighted by molar-refractivity contribution is 7.89. The lowest BCUT2D eigenvalue weighted by Gasteiger charge is -2.33. The van der Waals surface area contributed by atoms with E-state index in [9.17, 15) is 27.7 Å². The van der Waals surface area contributed by atoms with Crippen molar-refractivity contribution in [1.82, 2.24) is 9.21 Å². The van der Waals surface area contributed by atoms with Crippen LogP contribution in [0.15, 0.2) is 51.8 Å². The largest absolute Gasteiger partial charge is 0.433 e. The van der Waals surface area contributed by atoms with E-state index in [2.05, 4.69) is 0 Å². The van der Waals surface area contributed by atoms with Crippen molar-refractivity contribution < 1.29 is 26.9 Å². The predicted octanol–water partition coefficient (Wildman–Crippen LogP) is 1.87. The first-order valence-electron chi connectivity index (χ1n) is 8.25. The number of nitrogens with zero attached hydrogens (tertiary/aromatic N) is 3. The number of hydrogen-bond acceptors (Lipinski definition) is 6. The molecule has 0 atom stereocenters. The number of carbonyl (C=O) groups is 1. The number of nitro groups is 1. The molecule has 11 heteroatoms. The molecule has 0 spiro atoms. The zero-order chi connectivity index (χ0) is 20.3. The van der Waals surface area contributed by atoms with E-state index in [0.717, 1.165) is 10.4 Å². The maximum absolute atomic E-state index is 13.8. The molecule has 0 N–H and O–H groups in total. The standard InChI is InChI=1S/C17H16FN3O6S/c18-14-3-1-2-4-15(14)28(25,26)20-11-9-19(10-12-20)16(22)7-5-13-6-8-17(27-13)21(23)24/h1-8H,9-12H2/b7-5+. The number of piperazine rings is 1. The molecular weight excluding hydrogens is 393 g/mol. The fourth-order valence-corrected chi connectivity index (χ4v) is 4.22. The monoisotopic (exact) mass is 409 g/mol. The first-order chi connectivity index (χ1) is 13.3. The zero-order valence-electron chi connectivity index (χ0n) is 14.5. The molecule has 0 radical (unpaired) electrons. The molecule has 0 saturated carbocycles. The van der Waals surface area contributed by atoms with Gasteiger partial charge < -0.3 is 9.32 Å². The lowest BCUT2D eigenvalue weighted by Crippen LogP contribution is -2.50. The van der Waals surface area contributed by atoms with E-state index in [1.165, 1.54) is 47.4 Å². The Morgan fingerprint density at radius 2 is 1.82 bits per heavy atom. The summed E-state index contributed by atoms with van der Waals surface area (Å²) < 4.78 is 45.0. The fraction of sp³-hybridized carbons (Fsp3) is 0.235. The minimum absolute atomic E-state index is 0.0302. The summed E-state index contributed by atoms with van der Waals surface area (Å²) in [6, 6.07) is 7.67. The smallest absolute Gasteiger partial charge is 0.401 e. The van der Waals surface area contributed by atoms with Gasteiger partial charge in [-0.1, -0.05) is 12.1 Å². The van der Waals surface area contributed by atoms with Crippen LogP contribution in [0, 0.1) is 15.9 Å². The van der Waals surface area contributed by atoms with Gasteiger partial charge >= 0.3 is 5.88 Å². The van der Waals surface area contributed by atoms with Crippen LogP contribution in [-0.4, -0.2) is 54.6 Å². The summed E-state index contributed by atoms with van der Waals surface area (Å²) in [4.78, 5) is 23.1. The van der Waals surface area contributed by atoms with Crippen LogP contribution < -0.4 is 0 Å². The molecule has 148 valence electrons. The van der Waals surface area contributed by atoms with Crippen molar-refractivity contribution in [3.05, 3.63) is 64.2 Å². The molecule has 2 heterocycles. The third-order valence-electron chi connectivity index (χ3n) is 4.19. The molecule has 1 aromatic heterocycles. The summed E-state index contributed by atoms with van der Waals surface area (Å²) in [5.41, 5.74) is 0. The summed E-state index contributed by atoms with van der Waals surface area (Å²) in [6.07, 6.45) is 2.50. The molecule has 0 unspecified atom stereocenters. The number of furan rings is 1. The summed E-state index contributed by atoms with van der Waals surface area (Å²) in [6.45, 7) is 0.329. The topological polar surface area (TPSA) is 114 Å². The molecule has 3 rings (SSSR count). The van der Waals surface area contributed by atoms with Crippen molar-refractivity contribution in [2.75, 3.05) is 26.2 Å². The van der Waals surface area contributed by atoms with Crippen molar-refractivity contribution >= 4 is 27.9 Å². The second kappa shape index (κ2) is 7.90. The van der Waals surface area contributed by atoms with Gasteiger partial charge in [0.2, 0.25) is 15.9 Å². The lowest BCUT2D eigenvalue weighted by atomic mass is 10.3. The SMILES string of the molecule is O=C(/C=C/c1ccc([N+](=O)[O-])o1)N1CCN(S(=O)(=O)c2ccccc2F)CC1. The number of carbonyl (C=O) groups excluding carboxylic acids is 1. The van der Waals surface area contributed by atoms with Crippen LogP contribution in [0.1, 0.15) is 5.76 Å². The summed E-state index contributed by atoms with van der Waals surface area (Å²) in [5, 5.41) is 10.6. The van der Waals surface area contributed by atoms with Crippen LogP contribution >= 0.6 is 0 Å². The molecule has 28 heavy (non-hydrogen) atoms. The van der Waals surface area contributed by atoms with Crippen LogP contribution in [0.25, 0.3) is 6.08 Å². The molecule has 1 aliphatic rings. The Bertz CT molecular complexity index is 1030. The van der Waals surface area contributed by atoms with Gasteiger partial charge in [-0.2, -0.15) is 4.31 Å². The third kappa shape index (κ3) is 4.10. The average molecular weight is 409 g/mol. The maximum Gasteiger partial charge on any atom is 0.433 e. The molecule has 2 aromatic rings. The third-order valence-corrected chi connectivity index (χ3v) is 6.12. The van der Waals surface area contributed by atoms with Gasteiger partial charge in [-0.3, -0.25) is 14.9 Å². The fourth-order valence-electron chi connectivity index (χ4n) is 2.73. The number of sulfonamides is 1. The molecule has 1 aromatic carbocycles. The summed E-state index contributed by atoms with van der Waals surface area (Å²) in [7, 11) is -3.98. The Morgan fingerprint density at radius 3 is 2.43 bits per heavy atom.